The number of piperazine rings is 1. The first-order valence-corrected chi connectivity index (χ1v) is 8.57. The molecule has 0 aliphatic carbocycles. The maximum atomic E-state index is 12.0. The smallest absolute Gasteiger partial charge is 0.321 e. The van der Waals surface area contributed by atoms with Gasteiger partial charge in [0.05, 0.1) is 6.04 Å². The van der Waals surface area contributed by atoms with Gasteiger partial charge in [-0.15, -0.1) is 0 Å². The number of urea groups is 1. The van der Waals surface area contributed by atoms with Gasteiger partial charge in [-0.3, -0.25) is 19.9 Å². The monoisotopic (exact) mass is 352 g/mol. The average molecular weight is 353 g/mol. The highest BCUT2D eigenvalue weighted by Crippen LogP contribution is 2.27. The zero-order chi connectivity index (χ0) is 17.7. The van der Waals surface area contributed by atoms with Gasteiger partial charge in [-0.2, -0.15) is 0 Å². The first-order valence-electron chi connectivity index (χ1n) is 8.19. The van der Waals surface area contributed by atoms with Gasteiger partial charge in [0.1, 0.15) is 0 Å². The van der Waals surface area contributed by atoms with Crippen molar-refractivity contribution in [3.8, 4) is 0 Å². The van der Waals surface area contributed by atoms with Crippen LogP contribution in [-0.2, 0) is 4.79 Å². The summed E-state index contributed by atoms with van der Waals surface area (Å²) >= 11 is 6.29. The van der Waals surface area contributed by atoms with Crippen molar-refractivity contribution < 1.29 is 9.59 Å². The summed E-state index contributed by atoms with van der Waals surface area (Å²) < 4.78 is 0. The maximum Gasteiger partial charge on any atom is 0.321 e. The second-order valence-electron chi connectivity index (χ2n) is 6.01. The number of nitrogens with one attached hydrogen (secondary N) is 2. The van der Waals surface area contributed by atoms with Crippen LogP contribution >= 0.6 is 11.6 Å². The van der Waals surface area contributed by atoms with E-state index in [1.165, 1.54) is 7.05 Å². The Labute approximate surface area is 148 Å². The van der Waals surface area contributed by atoms with Gasteiger partial charge in [-0.05, 0) is 25.5 Å². The van der Waals surface area contributed by atoms with Crippen LogP contribution in [0.25, 0.3) is 0 Å². The van der Waals surface area contributed by atoms with Crippen molar-refractivity contribution in [2.75, 3.05) is 33.2 Å². The molecule has 0 bridgehead atoms. The van der Waals surface area contributed by atoms with Crippen molar-refractivity contribution in [1.82, 2.24) is 20.4 Å². The van der Waals surface area contributed by atoms with Gasteiger partial charge in [0.25, 0.3) is 0 Å². The number of nitrogens with zero attached hydrogens (tertiary/aromatic N) is 2. The summed E-state index contributed by atoms with van der Waals surface area (Å²) in [6.45, 7) is 7.23. The third-order valence-corrected chi connectivity index (χ3v) is 4.99. The molecule has 0 aromatic heterocycles. The van der Waals surface area contributed by atoms with E-state index < -0.39 is 6.03 Å². The van der Waals surface area contributed by atoms with Gasteiger partial charge in [-0.1, -0.05) is 29.8 Å². The third-order valence-electron chi connectivity index (χ3n) is 4.64. The standard InChI is InChI=1S/C17H25ClN4O2/c1-12(14-6-4-5-7-15(14)18)21-8-10-22(11-9-21)13(2)16(23)20-17(24)19-3/h4-7,12-13H,8-11H2,1-3H3,(H2,19,20,23,24). The summed E-state index contributed by atoms with van der Waals surface area (Å²) in [6, 6.07) is 7.32. The highest BCUT2D eigenvalue weighted by atomic mass is 35.5. The number of benzene rings is 1. The van der Waals surface area contributed by atoms with Gasteiger partial charge in [0.15, 0.2) is 0 Å². The summed E-state index contributed by atoms with van der Waals surface area (Å²) in [5.41, 5.74) is 1.12. The molecule has 0 spiro atoms. The van der Waals surface area contributed by atoms with E-state index in [1.54, 1.807) is 0 Å². The molecule has 0 saturated carbocycles. The molecule has 3 amide bonds. The molecule has 1 aromatic rings. The van der Waals surface area contributed by atoms with Gasteiger partial charge in [-0.25, -0.2) is 4.79 Å². The summed E-state index contributed by atoms with van der Waals surface area (Å²) in [4.78, 5) is 27.8. The van der Waals surface area contributed by atoms with Crippen LogP contribution in [0.3, 0.4) is 0 Å². The lowest BCUT2D eigenvalue weighted by molar-refractivity contribution is -0.125. The van der Waals surface area contributed by atoms with Crippen molar-refractivity contribution in [2.24, 2.45) is 0 Å². The summed E-state index contributed by atoms with van der Waals surface area (Å²) in [6.07, 6.45) is 0. The fourth-order valence-corrected chi connectivity index (χ4v) is 3.26. The Morgan fingerprint density at radius 2 is 1.67 bits per heavy atom. The fourth-order valence-electron chi connectivity index (χ4n) is 2.97. The van der Waals surface area contributed by atoms with Crippen LogP contribution in [0.4, 0.5) is 4.79 Å². The van der Waals surface area contributed by atoms with E-state index in [9.17, 15) is 9.59 Å². The third kappa shape index (κ3) is 4.47. The Morgan fingerprint density at radius 3 is 2.25 bits per heavy atom. The molecular weight excluding hydrogens is 328 g/mol. The molecule has 1 aromatic carbocycles. The van der Waals surface area contributed by atoms with Crippen molar-refractivity contribution in [3.05, 3.63) is 34.9 Å². The Balaban J connectivity index is 1.90. The number of hydrogen-bond donors (Lipinski definition) is 2. The number of imide groups is 1. The molecule has 2 atom stereocenters. The average Bonchev–Trinajstić information content (AvgIpc) is 2.60. The Hall–Kier alpha value is -1.63. The highest BCUT2D eigenvalue weighted by Gasteiger charge is 2.28. The quantitative estimate of drug-likeness (QED) is 0.868. The van der Waals surface area contributed by atoms with Crippen molar-refractivity contribution in [1.29, 1.82) is 0 Å². The molecule has 2 rings (SSSR count). The summed E-state index contributed by atoms with van der Waals surface area (Å²) in [5, 5.41) is 5.50. The minimum Gasteiger partial charge on any atom is -0.341 e. The minimum atomic E-state index is -0.474. The highest BCUT2D eigenvalue weighted by molar-refractivity contribution is 6.31. The molecule has 1 saturated heterocycles. The summed E-state index contributed by atoms with van der Waals surface area (Å²) in [5.74, 6) is -0.276. The number of carbonyl (C=O) groups excluding carboxylic acids is 2. The molecular formula is C17H25ClN4O2. The van der Waals surface area contributed by atoms with E-state index in [1.807, 2.05) is 25.1 Å². The minimum absolute atomic E-state index is 0.232. The second-order valence-corrected chi connectivity index (χ2v) is 6.42. The Morgan fingerprint density at radius 1 is 1.08 bits per heavy atom. The number of carbonyl (C=O) groups is 2. The second kappa shape index (κ2) is 8.46. The SMILES string of the molecule is CNC(=O)NC(=O)C(C)N1CCN(C(C)c2ccccc2Cl)CC1. The van der Waals surface area contributed by atoms with Gasteiger partial charge >= 0.3 is 6.03 Å². The zero-order valence-corrected chi connectivity index (χ0v) is 15.1. The number of halogens is 1. The van der Waals surface area contributed by atoms with E-state index in [2.05, 4.69) is 33.4 Å². The van der Waals surface area contributed by atoms with E-state index in [-0.39, 0.29) is 18.0 Å². The van der Waals surface area contributed by atoms with Crippen LogP contribution in [0.5, 0.6) is 0 Å². The number of amides is 3. The lowest BCUT2D eigenvalue weighted by Gasteiger charge is -2.40. The molecule has 2 unspecified atom stereocenters. The normalized spacial score (nSPS) is 18.7. The molecule has 132 valence electrons. The summed E-state index contributed by atoms with van der Waals surface area (Å²) in [7, 11) is 1.49. The largest absolute Gasteiger partial charge is 0.341 e. The molecule has 1 aliphatic rings. The Bertz CT molecular complexity index is 588. The Kier molecular flexibility index (Phi) is 6.60. The maximum absolute atomic E-state index is 12.0. The van der Waals surface area contributed by atoms with Crippen molar-refractivity contribution >= 4 is 23.5 Å². The predicted octanol–water partition coefficient (Wildman–Crippen LogP) is 1.86. The van der Waals surface area contributed by atoms with Gasteiger partial charge in [0.2, 0.25) is 5.91 Å². The van der Waals surface area contributed by atoms with Crippen LogP contribution in [0, 0.1) is 0 Å². The van der Waals surface area contributed by atoms with Crippen LogP contribution in [0.2, 0.25) is 5.02 Å². The van der Waals surface area contributed by atoms with E-state index >= 15 is 0 Å². The molecule has 2 N–H and O–H groups in total. The van der Waals surface area contributed by atoms with Crippen LogP contribution < -0.4 is 10.6 Å². The van der Waals surface area contributed by atoms with E-state index in [4.69, 9.17) is 11.6 Å². The van der Waals surface area contributed by atoms with Crippen molar-refractivity contribution in [2.45, 2.75) is 25.9 Å². The molecule has 7 heteroatoms. The first-order chi connectivity index (χ1) is 11.4. The number of rotatable bonds is 4. The van der Waals surface area contributed by atoms with Crippen LogP contribution in [0.15, 0.2) is 24.3 Å². The lowest BCUT2D eigenvalue weighted by atomic mass is 10.1. The fraction of sp³-hybridized carbons (Fsp3) is 0.529. The van der Waals surface area contributed by atoms with E-state index in [0.717, 1.165) is 36.8 Å². The molecule has 1 fully saturated rings. The molecule has 24 heavy (non-hydrogen) atoms. The zero-order valence-electron chi connectivity index (χ0n) is 14.4. The topological polar surface area (TPSA) is 64.7 Å². The first kappa shape index (κ1) is 18.7. The molecule has 0 radical (unpaired) electrons. The molecule has 1 heterocycles. The van der Waals surface area contributed by atoms with Crippen LogP contribution in [0.1, 0.15) is 25.5 Å². The molecule has 1 aliphatic heterocycles. The number of hydrogen-bond acceptors (Lipinski definition) is 4. The van der Waals surface area contributed by atoms with Crippen LogP contribution in [-0.4, -0.2) is 61.0 Å². The predicted molar refractivity (Wildman–Crippen MR) is 95.1 cm³/mol. The lowest BCUT2D eigenvalue weighted by Crippen LogP contribution is -2.55. The van der Waals surface area contributed by atoms with Gasteiger partial charge in [0, 0.05) is 44.3 Å². The molecule has 6 nitrogen and oxygen atoms in total. The van der Waals surface area contributed by atoms with Crippen molar-refractivity contribution in [3.63, 3.8) is 0 Å². The van der Waals surface area contributed by atoms with E-state index in [0.29, 0.717) is 0 Å². The van der Waals surface area contributed by atoms with Gasteiger partial charge < -0.3 is 5.32 Å².